The molecule has 0 unspecified atom stereocenters. The molecule has 0 spiro atoms. The molecule has 0 aromatic heterocycles. The zero-order chi connectivity index (χ0) is 15.9. The van der Waals surface area contributed by atoms with Crippen molar-refractivity contribution in [2.24, 2.45) is 5.41 Å². The Hall–Kier alpha value is -1.93. The summed E-state index contributed by atoms with van der Waals surface area (Å²) in [5.41, 5.74) is -0.320. The molecule has 0 fully saturated rings. The Kier molecular flexibility index (Phi) is 6.32. The fourth-order valence-corrected chi connectivity index (χ4v) is 2.12. The van der Waals surface area contributed by atoms with Crippen LogP contribution in [0.5, 0.6) is 0 Å². The van der Waals surface area contributed by atoms with Crippen LogP contribution in [0.15, 0.2) is 24.3 Å². The summed E-state index contributed by atoms with van der Waals surface area (Å²) in [6.45, 7) is 6.77. The number of benzene rings is 1. The first-order valence-corrected chi connectivity index (χ1v) is 7.03. The maximum atomic E-state index is 13.4. The van der Waals surface area contributed by atoms with Crippen LogP contribution in [0.4, 0.5) is 4.39 Å². The van der Waals surface area contributed by atoms with Crippen molar-refractivity contribution in [2.45, 2.75) is 33.2 Å². The lowest BCUT2D eigenvalue weighted by Crippen LogP contribution is -2.37. The van der Waals surface area contributed by atoms with E-state index in [0.717, 1.165) is 6.42 Å². The maximum absolute atomic E-state index is 13.4. The van der Waals surface area contributed by atoms with Crippen molar-refractivity contribution < 1.29 is 9.18 Å². The highest BCUT2D eigenvalue weighted by atomic mass is 19.1. The summed E-state index contributed by atoms with van der Waals surface area (Å²) in [4.78, 5) is 11.8. The van der Waals surface area contributed by atoms with Crippen molar-refractivity contribution in [1.29, 1.82) is 5.26 Å². The number of hydrogen-bond acceptors (Lipinski definition) is 3. The van der Waals surface area contributed by atoms with Gasteiger partial charge in [0.05, 0.1) is 17.0 Å². The molecule has 0 radical (unpaired) electrons. The molecule has 0 heterocycles. The van der Waals surface area contributed by atoms with Crippen LogP contribution in [0.3, 0.4) is 0 Å². The Balaban J connectivity index is 2.30. The van der Waals surface area contributed by atoms with Gasteiger partial charge in [-0.1, -0.05) is 12.1 Å². The van der Waals surface area contributed by atoms with Crippen LogP contribution < -0.4 is 10.6 Å². The largest absolute Gasteiger partial charge is 0.351 e. The number of nitrogens with one attached hydrogen (secondary N) is 2. The number of rotatable bonds is 7. The fraction of sp³-hybridized carbons (Fsp3) is 0.500. The smallest absolute Gasteiger partial charge is 0.254 e. The van der Waals surface area contributed by atoms with Gasteiger partial charge >= 0.3 is 0 Å². The van der Waals surface area contributed by atoms with Crippen LogP contribution in [0.25, 0.3) is 0 Å². The first kappa shape index (κ1) is 17.1. The Bertz CT molecular complexity index is 522. The van der Waals surface area contributed by atoms with Gasteiger partial charge in [0.25, 0.3) is 5.91 Å². The lowest BCUT2D eigenvalue weighted by molar-refractivity contribution is 0.0949. The SMILES string of the molecule is C[C@@H](CC(C)(C)C#N)NCCNC(=O)c1ccccc1F. The van der Waals surface area contributed by atoms with Crippen molar-refractivity contribution in [3.8, 4) is 6.07 Å². The molecule has 1 aromatic rings. The molecule has 1 amide bonds. The van der Waals surface area contributed by atoms with Crippen LogP contribution >= 0.6 is 0 Å². The predicted octanol–water partition coefficient (Wildman–Crippen LogP) is 2.47. The summed E-state index contributed by atoms with van der Waals surface area (Å²) in [7, 11) is 0. The summed E-state index contributed by atoms with van der Waals surface area (Å²) >= 11 is 0. The molecule has 0 aliphatic heterocycles. The number of carbonyl (C=O) groups is 1. The van der Waals surface area contributed by atoms with Gasteiger partial charge in [0, 0.05) is 19.1 Å². The molecule has 4 nitrogen and oxygen atoms in total. The summed E-state index contributed by atoms with van der Waals surface area (Å²) in [6, 6.07) is 8.32. The summed E-state index contributed by atoms with van der Waals surface area (Å²) < 4.78 is 13.4. The molecule has 21 heavy (non-hydrogen) atoms. The average Bonchev–Trinajstić information content (AvgIpc) is 2.43. The third kappa shape index (κ3) is 5.92. The molecule has 1 aromatic carbocycles. The van der Waals surface area contributed by atoms with Crippen LogP contribution in [-0.2, 0) is 0 Å². The third-order valence-corrected chi connectivity index (χ3v) is 3.14. The average molecular weight is 291 g/mol. The van der Waals surface area contributed by atoms with Crippen LogP contribution in [0.1, 0.15) is 37.6 Å². The van der Waals surface area contributed by atoms with Crippen molar-refractivity contribution >= 4 is 5.91 Å². The Morgan fingerprint density at radius 3 is 2.67 bits per heavy atom. The minimum absolute atomic E-state index is 0.0520. The Morgan fingerprint density at radius 1 is 1.38 bits per heavy atom. The molecular weight excluding hydrogens is 269 g/mol. The highest BCUT2D eigenvalue weighted by molar-refractivity contribution is 5.94. The quantitative estimate of drug-likeness (QED) is 0.759. The number of nitrogens with zero attached hydrogens (tertiary/aromatic N) is 1. The first-order valence-electron chi connectivity index (χ1n) is 7.03. The second-order valence-corrected chi connectivity index (χ2v) is 5.79. The molecule has 0 aliphatic rings. The lowest BCUT2D eigenvalue weighted by Gasteiger charge is -2.21. The maximum Gasteiger partial charge on any atom is 0.254 e. The predicted molar refractivity (Wildman–Crippen MR) is 80.2 cm³/mol. The van der Waals surface area contributed by atoms with Crippen LogP contribution in [-0.4, -0.2) is 25.0 Å². The number of amides is 1. The second-order valence-electron chi connectivity index (χ2n) is 5.79. The third-order valence-electron chi connectivity index (χ3n) is 3.14. The lowest BCUT2D eigenvalue weighted by atomic mass is 9.88. The molecule has 1 atom stereocenters. The van der Waals surface area contributed by atoms with Crippen LogP contribution in [0, 0.1) is 22.6 Å². The van der Waals surface area contributed by atoms with E-state index < -0.39 is 11.7 Å². The fourth-order valence-electron chi connectivity index (χ4n) is 2.12. The number of carbonyl (C=O) groups excluding carboxylic acids is 1. The van der Waals surface area contributed by atoms with E-state index >= 15 is 0 Å². The molecule has 0 saturated carbocycles. The van der Waals surface area contributed by atoms with E-state index in [1.807, 2.05) is 20.8 Å². The molecule has 114 valence electrons. The molecule has 0 bridgehead atoms. The van der Waals surface area contributed by atoms with Gasteiger partial charge in [-0.05, 0) is 39.3 Å². The molecule has 0 aliphatic carbocycles. The zero-order valence-corrected chi connectivity index (χ0v) is 12.7. The van der Waals surface area contributed by atoms with Gasteiger partial charge in [-0.25, -0.2) is 4.39 Å². The minimum Gasteiger partial charge on any atom is -0.351 e. The van der Waals surface area contributed by atoms with E-state index in [0.29, 0.717) is 13.1 Å². The van der Waals surface area contributed by atoms with Gasteiger partial charge in [0.1, 0.15) is 5.82 Å². The number of halogens is 1. The van der Waals surface area contributed by atoms with E-state index in [1.165, 1.54) is 12.1 Å². The molecule has 1 rings (SSSR count). The standard InChI is InChI=1S/C16H22FN3O/c1-12(10-16(2,3)11-18)19-8-9-20-15(21)13-6-4-5-7-14(13)17/h4-7,12,19H,8-10H2,1-3H3,(H,20,21)/t12-/m0/s1. The monoisotopic (exact) mass is 291 g/mol. The molecule has 5 heteroatoms. The van der Waals surface area contributed by atoms with E-state index in [9.17, 15) is 9.18 Å². The van der Waals surface area contributed by atoms with Crippen LogP contribution in [0.2, 0.25) is 0 Å². The van der Waals surface area contributed by atoms with Crippen molar-refractivity contribution in [1.82, 2.24) is 10.6 Å². The van der Waals surface area contributed by atoms with Gasteiger partial charge in [-0.3, -0.25) is 4.79 Å². The first-order chi connectivity index (χ1) is 9.85. The van der Waals surface area contributed by atoms with E-state index in [4.69, 9.17) is 5.26 Å². The van der Waals surface area contributed by atoms with Crippen molar-refractivity contribution in [2.75, 3.05) is 13.1 Å². The Labute approximate surface area is 125 Å². The normalized spacial score (nSPS) is 12.5. The summed E-state index contributed by atoms with van der Waals surface area (Å²) in [5, 5.41) is 14.9. The number of hydrogen-bond donors (Lipinski definition) is 2. The van der Waals surface area contributed by atoms with Crippen molar-refractivity contribution in [3.63, 3.8) is 0 Å². The topological polar surface area (TPSA) is 64.9 Å². The van der Waals surface area contributed by atoms with E-state index in [2.05, 4.69) is 16.7 Å². The highest BCUT2D eigenvalue weighted by Crippen LogP contribution is 2.20. The van der Waals surface area contributed by atoms with Gasteiger partial charge in [-0.2, -0.15) is 5.26 Å². The molecular formula is C16H22FN3O. The highest BCUT2D eigenvalue weighted by Gasteiger charge is 2.19. The van der Waals surface area contributed by atoms with E-state index in [1.54, 1.807) is 12.1 Å². The van der Waals surface area contributed by atoms with Crippen molar-refractivity contribution in [3.05, 3.63) is 35.6 Å². The molecule has 2 N–H and O–H groups in total. The number of nitriles is 1. The Morgan fingerprint density at radius 2 is 2.05 bits per heavy atom. The van der Waals surface area contributed by atoms with Gasteiger partial charge < -0.3 is 10.6 Å². The van der Waals surface area contributed by atoms with Gasteiger partial charge in [-0.15, -0.1) is 0 Å². The minimum atomic E-state index is -0.521. The summed E-state index contributed by atoms with van der Waals surface area (Å²) in [5.74, 6) is -0.938. The van der Waals surface area contributed by atoms with E-state index in [-0.39, 0.29) is 17.0 Å². The molecule has 0 saturated heterocycles. The second kappa shape index (κ2) is 7.75. The summed E-state index contributed by atoms with van der Waals surface area (Å²) in [6.07, 6.45) is 0.727. The van der Waals surface area contributed by atoms with Gasteiger partial charge in [0.15, 0.2) is 0 Å². The van der Waals surface area contributed by atoms with Gasteiger partial charge in [0.2, 0.25) is 0 Å². The zero-order valence-electron chi connectivity index (χ0n) is 12.7.